The third kappa shape index (κ3) is 1.48. The van der Waals surface area contributed by atoms with Crippen LogP contribution in [0.1, 0.15) is 0 Å². The van der Waals surface area contributed by atoms with Crippen LogP contribution in [0.15, 0.2) is 17.1 Å². The van der Waals surface area contributed by atoms with E-state index in [0.717, 1.165) is 0 Å². The molecule has 44 valence electrons. The van der Waals surface area contributed by atoms with E-state index in [1.165, 1.54) is 12.3 Å². The molecule has 0 amide bonds. The van der Waals surface area contributed by atoms with Gasteiger partial charge in [0.1, 0.15) is 0 Å². The van der Waals surface area contributed by atoms with Crippen molar-refractivity contribution in [2.75, 3.05) is 0 Å². The highest BCUT2D eigenvalue weighted by Crippen LogP contribution is 1.52. The molecule has 0 unspecified atom stereocenters. The van der Waals surface area contributed by atoms with Gasteiger partial charge in [0, 0.05) is 6.07 Å². The van der Waals surface area contributed by atoms with Gasteiger partial charge in [-0.05, 0) is 0 Å². The minimum Gasteiger partial charge on any atom is -0.412 e. The van der Waals surface area contributed by atoms with E-state index in [1.807, 2.05) is 0 Å². The van der Waals surface area contributed by atoms with Crippen LogP contribution in [0.4, 0.5) is 0 Å². The van der Waals surface area contributed by atoms with Gasteiger partial charge in [0.2, 0.25) is 0 Å². The Morgan fingerprint density at radius 2 is 2.38 bits per heavy atom. The summed E-state index contributed by atoms with van der Waals surface area (Å²) in [6.45, 7) is 0. The summed E-state index contributed by atoms with van der Waals surface area (Å²) >= 11 is 0. The van der Waals surface area contributed by atoms with Crippen LogP contribution in [-0.4, -0.2) is 20.9 Å². The lowest BCUT2D eigenvalue weighted by atomic mass is 10.7. The molecule has 1 aromatic rings. The van der Waals surface area contributed by atoms with E-state index in [-0.39, 0.29) is 11.0 Å². The van der Waals surface area contributed by atoms with Crippen LogP contribution in [0.3, 0.4) is 0 Å². The lowest BCUT2D eigenvalue weighted by Crippen LogP contribution is -2.05. The van der Waals surface area contributed by atoms with Crippen molar-refractivity contribution in [3.8, 4) is 0 Å². The highest BCUT2D eigenvalue weighted by atomic mass is 16.1. The van der Waals surface area contributed by atoms with E-state index in [0.29, 0.717) is 0 Å². The fourth-order valence-electron chi connectivity index (χ4n) is 0.250. The fraction of sp³-hybridized carbons (Fsp3) is 0. The Morgan fingerprint density at radius 1 is 1.62 bits per heavy atom. The van der Waals surface area contributed by atoms with E-state index in [2.05, 4.69) is 15.4 Å². The predicted molar refractivity (Wildman–Crippen MR) is 26.3 cm³/mol. The number of aromatic amines is 1. The average Bonchev–Trinajstić information content (AvgIpc) is 1.69. The Kier molecular flexibility index (Phi) is 2.42. The van der Waals surface area contributed by atoms with Crippen LogP contribution in [-0.2, 0) is 0 Å². The van der Waals surface area contributed by atoms with Gasteiger partial charge in [0.25, 0.3) is 5.56 Å². The maximum atomic E-state index is 10.1. The molecular formula is C3H5N3O2. The van der Waals surface area contributed by atoms with Gasteiger partial charge in [-0.3, -0.25) is 4.79 Å². The molecule has 5 heteroatoms. The van der Waals surface area contributed by atoms with Crippen molar-refractivity contribution in [2.24, 2.45) is 0 Å². The van der Waals surface area contributed by atoms with Crippen molar-refractivity contribution < 1.29 is 5.48 Å². The zero-order chi connectivity index (χ0) is 5.11. The second kappa shape index (κ2) is 2.86. The summed E-state index contributed by atoms with van der Waals surface area (Å²) in [5.74, 6) is 0. The first-order valence-corrected chi connectivity index (χ1v) is 1.76. The van der Waals surface area contributed by atoms with Crippen molar-refractivity contribution in [3.63, 3.8) is 0 Å². The highest BCUT2D eigenvalue weighted by molar-refractivity contribution is 4.72. The zero-order valence-electron chi connectivity index (χ0n) is 3.96. The molecule has 0 aliphatic heterocycles. The van der Waals surface area contributed by atoms with Crippen LogP contribution < -0.4 is 5.56 Å². The van der Waals surface area contributed by atoms with E-state index >= 15 is 0 Å². The van der Waals surface area contributed by atoms with Crippen LogP contribution in [0, 0.1) is 0 Å². The van der Waals surface area contributed by atoms with Gasteiger partial charge in [-0.15, -0.1) is 5.10 Å². The van der Waals surface area contributed by atoms with Crippen LogP contribution in [0.25, 0.3) is 0 Å². The van der Waals surface area contributed by atoms with Crippen molar-refractivity contribution in [2.45, 2.75) is 0 Å². The van der Waals surface area contributed by atoms with Gasteiger partial charge in [0.05, 0.1) is 6.20 Å². The SMILES string of the molecule is O.O=c1ccnn[nH]1. The largest absolute Gasteiger partial charge is 0.412 e. The first kappa shape index (κ1) is 6.77. The molecule has 0 fully saturated rings. The number of H-pyrrole nitrogens is 1. The smallest absolute Gasteiger partial charge is 0.267 e. The standard InChI is InChI=1S/C3H3N3O.H2O/c7-3-1-2-4-6-5-3;/h1-2H,(H,4,5,7);1H2. The molecule has 0 spiro atoms. The van der Waals surface area contributed by atoms with Crippen molar-refractivity contribution in [1.82, 2.24) is 15.4 Å². The Labute approximate surface area is 44.7 Å². The Balaban J connectivity index is 0.000000490. The Hall–Kier alpha value is -1.23. The minimum atomic E-state index is -0.227. The topological polar surface area (TPSA) is 90.1 Å². The number of rotatable bonds is 0. The quantitative estimate of drug-likeness (QED) is 0.438. The van der Waals surface area contributed by atoms with Gasteiger partial charge in [-0.25, -0.2) is 5.10 Å². The van der Waals surface area contributed by atoms with Crippen molar-refractivity contribution in [3.05, 3.63) is 22.6 Å². The summed E-state index contributed by atoms with van der Waals surface area (Å²) in [4.78, 5) is 10.1. The van der Waals surface area contributed by atoms with Gasteiger partial charge < -0.3 is 5.48 Å². The second-order valence-corrected chi connectivity index (χ2v) is 1.01. The van der Waals surface area contributed by atoms with E-state index in [4.69, 9.17) is 0 Å². The predicted octanol–water partition coefficient (Wildman–Crippen LogP) is -1.66. The molecule has 0 saturated heterocycles. The lowest BCUT2D eigenvalue weighted by molar-refractivity contribution is 0.824. The molecule has 1 heterocycles. The van der Waals surface area contributed by atoms with Gasteiger partial charge in [0.15, 0.2) is 0 Å². The fourth-order valence-corrected chi connectivity index (χ4v) is 0.250. The van der Waals surface area contributed by atoms with Crippen LogP contribution >= 0.6 is 0 Å². The molecule has 5 nitrogen and oxygen atoms in total. The third-order valence-electron chi connectivity index (χ3n) is 0.511. The first-order valence-electron chi connectivity index (χ1n) is 1.76. The summed E-state index contributed by atoms with van der Waals surface area (Å²) in [6, 6.07) is 1.30. The molecule has 8 heavy (non-hydrogen) atoms. The summed E-state index contributed by atoms with van der Waals surface area (Å²) in [7, 11) is 0. The summed E-state index contributed by atoms with van der Waals surface area (Å²) < 4.78 is 0. The zero-order valence-corrected chi connectivity index (χ0v) is 3.96. The summed E-state index contributed by atoms with van der Waals surface area (Å²) in [6.07, 6.45) is 1.33. The molecule has 0 aliphatic rings. The molecule has 0 aliphatic carbocycles. The molecule has 1 rings (SSSR count). The molecule has 1 aromatic heterocycles. The van der Waals surface area contributed by atoms with Gasteiger partial charge in [-0.1, -0.05) is 5.21 Å². The maximum absolute atomic E-state index is 10.1. The van der Waals surface area contributed by atoms with Gasteiger partial charge in [-0.2, -0.15) is 0 Å². The summed E-state index contributed by atoms with van der Waals surface area (Å²) in [5.41, 5.74) is -0.227. The number of hydrogen-bond donors (Lipinski definition) is 1. The number of hydrogen-bond acceptors (Lipinski definition) is 3. The lowest BCUT2D eigenvalue weighted by Gasteiger charge is -1.71. The van der Waals surface area contributed by atoms with Crippen molar-refractivity contribution >= 4 is 0 Å². The summed E-state index contributed by atoms with van der Waals surface area (Å²) in [5, 5.41) is 8.65. The molecule has 3 N–H and O–H groups in total. The Morgan fingerprint density at radius 3 is 2.62 bits per heavy atom. The molecule has 0 bridgehead atoms. The number of aromatic nitrogens is 3. The average molecular weight is 115 g/mol. The second-order valence-electron chi connectivity index (χ2n) is 1.01. The molecule has 0 saturated carbocycles. The van der Waals surface area contributed by atoms with Gasteiger partial charge >= 0.3 is 0 Å². The highest BCUT2D eigenvalue weighted by Gasteiger charge is 1.71. The monoisotopic (exact) mass is 115 g/mol. The number of nitrogens with zero attached hydrogens (tertiary/aromatic N) is 2. The maximum Gasteiger partial charge on any atom is 0.267 e. The van der Waals surface area contributed by atoms with E-state index in [1.54, 1.807) is 0 Å². The molecular weight excluding hydrogens is 110 g/mol. The number of nitrogens with one attached hydrogen (secondary N) is 1. The minimum absolute atomic E-state index is 0. The van der Waals surface area contributed by atoms with Crippen molar-refractivity contribution in [1.29, 1.82) is 0 Å². The first-order chi connectivity index (χ1) is 3.39. The molecule has 0 atom stereocenters. The van der Waals surface area contributed by atoms with Crippen LogP contribution in [0.5, 0.6) is 0 Å². The molecule has 0 aromatic carbocycles. The molecule has 0 radical (unpaired) electrons. The van der Waals surface area contributed by atoms with E-state index < -0.39 is 0 Å². The van der Waals surface area contributed by atoms with E-state index in [9.17, 15) is 4.79 Å². The third-order valence-corrected chi connectivity index (χ3v) is 0.511. The normalized spacial score (nSPS) is 7.50. The Bertz CT molecular complexity index is 178. The van der Waals surface area contributed by atoms with Crippen LogP contribution in [0.2, 0.25) is 0 Å².